The van der Waals surface area contributed by atoms with Gasteiger partial charge in [0.1, 0.15) is 6.08 Å². The number of hydrogen-bond donors (Lipinski definition) is 2. The normalized spacial score (nSPS) is 20.2. The molecule has 10 nitrogen and oxygen atoms in total. The van der Waals surface area contributed by atoms with Crippen LogP contribution in [0.5, 0.6) is 0 Å². The third kappa shape index (κ3) is 1.65. The number of hydrogen-bond acceptors (Lipinski definition) is 6. The second kappa shape index (κ2) is 3.88. The fourth-order valence-electron chi connectivity index (χ4n) is 1.10. The van der Waals surface area contributed by atoms with Gasteiger partial charge in [-0.1, -0.05) is 0 Å². The molecule has 0 fully saturated rings. The van der Waals surface area contributed by atoms with Crippen molar-refractivity contribution in [1.29, 1.82) is 0 Å². The lowest BCUT2D eigenvalue weighted by atomic mass is 10.0. The molecule has 1 atom stereocenters. The minimum Gasteiger partial charge on any atom is -0.497 e. The summed E-state index contributed by atoms with van der Waals surface area (Å²) in [5, 5.41) is 39.3. The lowest BCUT2D eigenvalue weighted by Gasteiger charge is -2.07. The molecule has 0 amide bonds. The van der Waals surface area contributed by atoms with E-state index in [0.29, 0.717) is 6.08 Å². The molecule has 1 aliphatic rings. The highest BCUT2D eigenvalue weighted by atomic mass is 16.6. The molecule has 0 heterocycles. The molecule has 0 aliphatic heterocycles. The molecule has 84 valence electrons. The van der Waals surface area contributed by atoms with Gasteiger partial charge in [0.05, 0.1) is 9.85 Å². The summed E-state index contributed by atoms with van der Waals surface area (Å²) < 4.78 is 0. The summed E-state index contributed by atoms with van der Waals surface area (Å²) in [6.07, 6.45) is -1.49. The minimum absolute atomic E-state index is 0.535. The maximum Gasteiger partial charge on any atom is 0.338 e. The summed E-state index contributed by atoms with van der Waals surface area (Å²) in [6, 6.07) is 0. The smallest absolute Gasteiger partial charge is 0.338 e. The molecule has 10 heteroatoms. The van der Waals surface area contributed by atoms with Gasteiger partial charge in [-0.15, -0.1) is 0 Å². The van der Waals surface area contributed by atoms with Crippen LogP contribution in [0.25, 0.3) is 5.53 Å². The van der Waals surface area contributed by atoms with E-state index in [1.807, 2.05) is 0 Å². The van der Waals surface area contributed by atoms with Crippen molar-refractivity contribution in [2.75, 3.05) is 0 Å². The highest BCUT2D eigenvalue weighted by molar-refractivity contribution is 5.98. The lowest BCUT2D eigenvalue weighted by molar-refractivity contribution is -0.448. The Morgan fingerprint density at radius 1 is 1.38 bits per heavy atom. The van der Waals surface area contributed by atoms with Gasteiger partial charge in [0, 0.05) is 0 Å². The number of nitro groups is 2. The van der Waals surface area contributed by atoms with Crippen molar-refractivity contribution >= 4 is 5.71 Å². The zero-order valence-electron chi connectivity index (χ0n) is 7.47. The van der Waals surface area contributed by atoms with E-state index in [0.717, 1.165) is 0 Å². The van der Waals surface area contributed by atoms with E-state index in [1.54, 1.807) is 0 Å². The molecule has 0 radical (unpaired) electrons. The summed E-state index contributed by atoms with van der Waals surface area (Å²) in [5.74, 6) is -1.27. The van der Waals surface area contributed by atoms with E-state index in [9.17, 15) is 30.4 Å². The Balaban J connectivity index is 3.49. The van der Waals surface area contributed by atoms with Crippen LogP contribution in [0, 0.1) is 20.2 Å². The van der Waals surface area contributed by atoms with Crippen molar-refractivity contribution in [3.63, 3.8) is 0 Å². The molecule has 0 bridgehead atoms. The summed E-state index contributed by atoms with van der Waals surface area (Å²) in [4.78, 5) is 21.0. The van der Waals surface area contributed by atoms with E-state index in [4.69, 9.17) is 5.53 Å². The van der Waals surface area contributed by atoms with Crippen LogP contribution >= 0.6 is 0 Å². The van der Waals surface area contributed by atoms with E-state index in [1.165, 1.54) is 0 Å². The fraction of sp³-hybridized carbons (Fsp3) is 0.167. The highest BCUT2D eigenvalue weighted by Crippen LogP contribution is 2.22. The van der Waals surface area contributed by atoms with E-state index < -0.39 is 38.8 Å². The Kier molecular flexibility index (Phi) is 2.79. The molecule has 2 N–H and O–H groups in total. The first-order chi connectivity index (χ1) is 7.40. The predicted molar refractivity (Wildman–Crippen MR) is 46.4 cm³/mol. The van der Waals surface area contributed by atoms with Crippen molar-refractivity contribution in [3.05, 3.63) is 49.0 Å². The molecule has 0 aromatic rings. The Morgan fingerprint density at radius 3 is 2.31 bits per heavy atom. The standard InChI is InChI=1S/C6H4N4O6/c7-8-2-1-3(9(13)14)6(12)4(5(2)11)10(15)16/h1,5,11-12H/t5-/m0/s1. The molecule has 16 heavy (non-hydrogen) atoms. The van der Waals surface area contributed by atoms with Crippen LogP contribution in [0.1, 0.15) is 0 Å². The molecule has 0 unspecified atom stereocenters. The van der Waals surface area contributed by atoms with Crippen LogP contribution in [-0.2, 0) is 0 Å². The lowest BCUT2D eigenvalue weighted by Crippen LogP contribution is -2.32. The average molecular weight is 228 g/mol. The predicted octanol–water partition coefficient (Wildman–Crippen LogP) is -0.761. The molecular formula is C6H4N4O6. The van der Waals surface area contributed by atoms with Gasteiger partial charge in [0.15, 0.2) is 0 Å². The monoisotopic (exact) mass is 228 g/mol. The first-order valence-electron chi connectivity index (χ1n) is 3.74. The highest BCUT2D eigenvalue weighted by Gasteiger charge is 2.46. The summed E-state index contributed by atoms with van der Waals surface area (Å²) in [5.41, 5.74) is 5.45. The van der Waals surface area contributed by atoms with Gasteiger partial charge < -0.3 is 15.7 Å². The molecule has 1 aliphatic carbocycles. The van der Waals surface area contributed by atoms with E-state index in [2.05, 4.69) is 4.79 Å². The first kappa shape index (κ1) is 11.5. The Labute approximate surface area is 86.7 Å². The SMILES string of the molecule is [N-]=[N+]=C1C=C([N+](=O)[O-])C(O)=C([N+](=O)[O-])[C@H]1O. The molecule has 0 saturated heterocycles. The maximum absolute atomic E-state index is 10.4. The van der Waals surface area contributed by atoms with Crippen molar-refractivity contribution in [2.45, 2.75) is 6.10 Å². The molecule has 0 saturated carbocycles. The van der Waals surface area contributed by atoms with E-state index >= 15 is 0 Å². The van der Waals surface area contributed by atoms with Crippen LogP contribution in [0.3, 0.4) is 0 Å². The van der Waals surface area contributed by atoms with Gasteiger partial charge in [-0.25, -0.2) is 0 Å². The van der Waals surface area contributed by atoms with Crippen LogP contribution in [0.15, 0.2) is 23.2 Å². The molecule has 0 aromatic carbocycles. The fourth-order valence-corrected chi connectivity index (χ4v) is 1.10. The zero-order valence-corrected chi connectivity index (χ0v) is 7.47. The second-order valence-corrected chi connectivity index (χ2v) is 2.71. The van der Waals surface area contributed by atoms with Crippen LogP contribution in [-0.4, -0.2) is 36.7 Å². The molecule has 0 aromatic heterocycles. The quantitative estimate of drug-likeness (QED) is 0.273. The van der Waals surface area contributed by atoms with E-state index in [-0.39, 0.29) is 0 Å². The largest absolute Gasteiger partial charge is 0.497 e. The minimum atomic E-state index is -2.02. The van der Waals surface area contributed by atoms with Crippen molar-refractivity contribution in [3.8, 4) is 0 Å². The maximum atomic E-state index is 10.4. The van der Waals surface area contributed by atoms with Crippen LogP contribution < -0.4 is 0 Å². The number of rotatable bonds is 2. The zero-order chi connectivity index (χ0) is 12.5. The van der Waals surface area contributed by atoms with Crippen LogP contribution in [0.2, 0.25) is 0 Å². The number of nitrogens with zero attached hydrogens (tertiary/aromatic N) is 4. The summed E-state index contributed by atoms with van der Waals surface area (Å²) in [6.45, 7) is 0. The van der Waals surface area contributed by atoms with Gasteiger partial charge in [0.25, 0.3) is 11.9 Å². The molecular weight excluding hydrogens is 224 g/mol. The van der Waals surface area contributed by atoms with Crippen LogP contribution in [0.4, 0.5) is 0 Å². The second-order valence-electron chi connectivity index (χ2n) is 2.71. The van der Waals surface area contributed by atoms with Gasteiger partial charge in [-0.2, -0.15) is 4.79 Å². The van der Waals surface area contributed by atoms with Gasteiger partial charge in [-0.3, -0.25) is 20.2 Å². The third-order valence-corrected chi connectivity index (χ3v) is 1.82. The Hall–Kier alpha value is -2.58. The van der Waals surface area contributed by atoms with Crippen molar-refractivity contribution < 1.29 is 24.8 Å². The topological polar surface area (TPSA) is 163 Å². The summed E-state index contributed by atoms with van der Waals surface area (Å²) in [7, 11) is 0. The first-order valence-corrected chi connectivity index (χ1v) is 3.74. The average Bonchev–Trinajstić information content (AvgIpc) is 2.16. The summed E-state index contributed by atoms with van der Waals surface area (Å²) >= 11 is 0. The number of aliphatic hydroxyl groups excluding tert-OH is 2. The van der Waals surface area contributed by atoms with Crippen molar-refractivity contribution in [1.82, 2.24) is 0 Å². The van der Waals surface area contributed by atoms with Crippen molar-refractivity contribution in [2.24, 2.45) is 0 Å². The van der Waals surface area contributed by atoms with Gasteiger partial charge >= 0.3 is 17.1 Å². The third-order valence-electron chi connectivity index (χ3n) is 1.82. The molecule has 1 rings (SSSR count). The Morgan fingerprint density at radius 2 is 1.94 bits per heavy atom. The Bertz CT molecular complexity index is 485. The van der Waals surface area contributed by atoms with Gasteiger partial charge in [0.2, 0.25) is 0 Å². The molecule has 0 spiro atoms. The van der Waals surface area contributed by atoms with Gasteiger partial charge in [-0.05, 0) is 0 Å². The number of aliphatic hydroxyl groups is 2.